The second-order valence-electron chi connectivity index (χ2n) is 3.42. The molecule has 1 fully saturated rings. The summed E-state index contributed by atoms with van der Waals surface area (Å²) in [7, 11) is 0. The summed E-state index contributed by atoms with van der Waals surface area (Å²) in [4.78, 5) is 17.0. The third kappa shape index (κ3) is 1.94. The van der Waals surface area contributed by atoms with Gasteiger partial charge in [-0.3, -0.25) is 4.79 Å². The molecule has 1 aromatic heterocycles. The van der Waals surface area contributed by atoms with Crippen LogP contribution in [0.25, 0.3) is 0 Å². The van der Waals surface area contributed by atoms with E-state index in [-0.39, 0.29) is 24.7 Å². The number of aromatic nitrogens is 1. The highest BCUT2D eigenvalue weighted by atomic mass is 32.1. The molecule has 1 saturated heterocycles. The van der Waals surface area contributed by atoms with E-state index in [0.29, 0.717) is 5.13 Å². The zero-order valence-electron chi connectivity index (χ0n) is 7.83. The van der Waals surface area contributed by atoms with E-state index in [1.807, 2.05) is 0 Å². The number of thiazole rings is 1. The number of aliphatic hydroxyl groups excluding tert-OH is 2. The highest BCUT2D eigenvalue weighted by Gasteiger charge is 2.33. The van der Waals surface area contributed by atoms with Gasteiger partial charge in [0.15, 0.2) is 5.13 Å². The number of nitrogen functional groups attached to an aromatic ring is 1. The van der Waals surface area contributed by atoms with Crippen molar-refractivity contribution in [3.8, 4) is 0 Å². The van der Waals surface area contributed by atoms with Crippen molar-refractivity contribution >= 4 is 22.4 Å². The van der Waals surface area contributed by atoms with Crippen LogP contribution in [0.3, 0.4) is 0 Å². The number of anilines is 1. The van der Waals surface area contributed by atoms with Gasteiger partial charge in [-0.05, 0) is 0 Å². The van der Waals surface area contributed by atoms with E-state index in [4.69, 9.17) is 5.73 Å². The Morgan fingerprint density at radius 1 is 1.53 bits per heavy atom. The quantitative estimate of drug-likeness (QED) is 0.568. The van der Waals surface area contributed by atoms with Gasteiger partial charge in [-0.15, -0.1) is 11.3 Å². The number of rotatable bonds is 1. The van der Waals surface area contributed by atoms with Crippen LogP contribution in [0, 0.1) is 0 Å². The van der Waals surface area contributed by atoms with Gasteiger partial charge in [0.25, 0.3) is 5.91 Å². The average Bonchev–Trinajstić information content (AvgIpc) is 2.74. The number of carbonyl (C=O) groups excluding carboxylic acids is 1. The smallest absolute Gasteiger partial charge is 0.273 e. The van der Waals surface area contributed by atoms with Gasteiger partial charge in [0.1, 0.15) is 5.69 Å². The Kier molecular flexibility index (Phi) is 2.59. The van der Waals surface area contributed by atoms with Crippen LogP contribution in [0.15, 0.2) is 5.38 Å². The molecule has 2 atom stereocenters. The molecule has 0 saturated carbocycles. The Morgan fingerprint density at radius 2 is 2.13 bits per heavy atom. The highest BCUT2D eigenvalue weighted by molar-refractivity contribution is 7.13. The maximum Gasteiger partial charge on any atom is 0.273 e. The van der Waals surface area contributed by atoms with Crippen LogP contribution < -0.4 is 5.73 Å². The van der Waals surface area contributed by atoms with Crippen molar-refractivity contribution in [2.75, 3.05) is 18.8 Å². The second-order valence-corrected chi connectivity index (χ2v) is 4.31. The van der Waals surface area contributed by atoms with Crippen LogP contribution in [-0.2, 0) is 0 Å². The molecule has 1 aliphatic rings. The summed E-state index contributed by atoms with van der Waals surface area (Å²) in [6.45, 7) is 0.273. The molecule has 0 bridgehead atoms. The van der Waals surface area contributed by atoms with Crippen molar-refractivity contribution in [2.24, 2.45) is 0 Å². The average molecular weight is 229 g/mol. The fraction of sp³-hybridized carbons (Fsp3) is 0.500. The summed E-state index contributed by atoms with van der Waals surface area (Å²) in [6.07, 6.45) is -1.74. The largest absolute Gasteiger partial charge is 0.388 e. The van der Waals surface area contributed by atoms with Gasteiger partial charge in [0.2, 0.25) is 0 Å². The molecule has 1 aromatic rings. The monoisotopic (exact) mass is 229 g/mol. The number of amides is 1. The second kappa shape index (κ2) is 3.76. The molecular formula is C8H11N3O3S. The highest BCUT2D eigenvalue weighted by Crippen LogP contribution is 2.17. The SMILES string of the molecule is Nc1nc(C(=O)N2CC(O)C(O)C2)cs1. The molecule has 7 heteroatoms. The first-order chi connectivity index (χ1) is 7.08. The van der Waals surface area contributed by atoms with Crippen LogP contribution in [0.4, 0.5) is 5.13 Å². The Morgan fingerprint density at radius 3 is 2.60 bits per heavy atom. The standard InChI is InChI=1S/C8H11N3O3S/c9-8-10-4(3-15-8)7(14)11-1-5(12)6(13)2-11/h3,5-6,12-13H,1-2H2,(H2,9,10). The van der Waals surface area contributed by atoms with E-state index in [1.165, 1.54) is 16.2 Å². The molecule has 4 N–H and O–H groups in total. The van der Waals surface area contributed by atoms with E-state index in [0.717, 1.165) is 0 Å². The minimum atomic E-state index is -0.870. The summed E-state index contributed by atoms with van der Waals surface area (Å²) in [6, 6.07) is 0. The van der Waals surface area contributed by atoms with E-state index in [9.17, 15) is 15.0 Å². The summed E-state index contributed by atoms with van der Waals surface area (Å²) in [5, 5.41) is 20.5. The van der Waals surface area contributed by atoms with E-state index in [2.05, 4.69) is 4.98 Å². The van der Waals surface area contributed by atoms with Crippen molar-refractivity contribution in [3.63, 3.8) is 0 Å². The Hall–Kier alpha value is -1.18. The zero-order valence-corrected chi connectivity index (χ0v) is 8.65. The van der Waals surface area contributed by atoms with Crippen LogP contribution in [0.1, 0.15) is 10.5 Å². The molecule has 82 valence electrons. The molecule has 0 spiro atoms. The van der Waals surface area contributed by atoms with Crippen molar-refractivity contribution in [1.82, 2.24) is 9.88 Å². The third-order valence-electron chi connectivity index (χ3n) is 2.29. The Balaban J connectivity index is 2.10. The fourth-order valence-electron chi connectivity index (χ4n) is 1.48. The van der Waals surface area contributed by atoms with Gasteiger partial charge in [-0.25, -0.2) is 4.98 Å². The number of β-amino-alcohol motifs (C(OH)–C–C–N with tert-alkyl or cyclic N) is 2. The molecule has 2 unspecified atom stereocenters. The van der Waals surface area contributed by atoms with Gasteiger partial charge < -0.3 is 20.8 Å². The number of likely N-dealkylation sites (tertiary alicyclic amines) is 1. The lowest BCUT2D eigenvalue weighted by Gasteiger charge is -2.12. The van der Waals surface area contributed by atoms with Crippen LogP contribution >= 0.6 is 11.3 Å². The van der Waals surface area contributed by atoms with Crippen LogP contribution in [-0.4, -0.2) is 51.3 Å². The number of hydrogen-bond acceptors (Lipinski definition) is 6. The molecular weight excluding hydrogens is 218 g/mol. The summed E-state index contributed by atoms with van der Waals surface area (Å²) in [5.74, 6) is -0.307. The number of nitrogens with two attached hydrogens (primary N) is 1. The van der Waals surface area contributed by atoms with Crippen molar-refractivity contribution in [1.29, 1.82) is 0 Å². The molecule has 15 heavy (non-hydrogen) atoms. The van der Waals surface area contributed by atoms with Crippen molar-refractivity contribution in [2.45, 2.75) is 12.2 Å². The van der Waals surface area contributed by atoms with Crippen molar-refractivity contribution in [3.05, 3.63) is 11.1 Å². The first-order valence-electron chi connectivity index (χ1n) is 4.44. The van der Waals surface area contributed by atoms with Crippen LogP contribution in [0.2, 0.25) is 0 Å². The number of carbonyl (C=O) groups is 1. The number of aliphatic hydroxyl groups is 2. The van der Waals surface area contributed by atoms with Crippen LogP contribution in [0.5, 0.6) is 0 Å². The minimum absolute atomic E-state index is 0.136. The van der Waals surface area contributed by atoms with Crippen molar-refractivity contribution < 1.29 is 15.0 Å². The molecule has 0 radical (unpaired) electrons. The summed E-state index contributed by atoms with van der Waals surface area (Å²) in [5.41, 5.74) is 5.67. The summed E-state index contributed by atoms with van der Waals surface area (Å²) >= 11 is 1.19. The van der Waals surface area contributed by atoms with Gasteiger partial charge in [-0.1, -0.05) is 0 Å². The minimum Gasteiger partial charge on any atom is -0.388 e. The molecule has 0 aromatic carbocycles. The number of hydrogen-bond donors (Lipinski definition) is 3. The third-order valence-corrected chi connectivity index (χ3v) is 2.96. The fourth-order valence-corrected chi connectivity index (χ4v) is 2.02. The van der Waals surface area contributed by atoms with E-state index in [1.54, 1.807) is 5.38 Å². The molecule has 1 aliphatic heterocycles. The predicted molar refractivity (Wildman–Crippen MR) is 54.4 cm³/mol. The van der Waals surface area contributed by atoms with E-state index >= 15 is 0 Å². The lowest BCUT2D eigenvalue weighted by atomic mass is 10.3. The maximum absolute atomic E-state index is 11.7. The molecule has 1 amide bonds. The molecule has 2 rings (SSSR count). The molecule has 2 heterocycles. The van der Waals surface area contributed by atoms with Gasteiger partial charge in [-0.2, -0.15) is 0 Å². The maximum atomic E-state index is 11.7. The van der Waals surface area contributed by atoms with Gasteiger partial charge in [0, 0.05) is 18.5 Å². The molecule has 0 aliphatic carbocycles. The Labute approximate surface area is 90.0 Å². The molecule has 6 nitrogen and oxygen atoms in total. The van der Waals surface area contributed by atoms with Gasteiger partial charge in [0.05, 0.1) is 12.2 Å². The Bertz CT molecular complexity index is 371. The lowest BCUT2D eigenvalue weighted by Crippen LogP contribution is -2.30. The predicted octanol–water partition coefficient (Wildman–Crippen LogP) is -1.10. The number of nitrogens with zero attached hydrogens (tertiary/aromatic N) is 2. The lowest BCUT2D eigenvalue weighted by molar-refractivity contribution is 0.0572. The van der Waals surface area contributed by atoms with E-state index < -0.39 is 12.2 Å². The zero-order chi connectivity index (χ0) is 11.0. The first kappa shape index (κ1) is 10.3. The summed E-state index contributed by atoms with van der Waals surface area (Å²) < 4.78 is 0. The topological polar surface area (TPSA) is 99.7 Å². The normalized spacial score (nSPS) is 25.9. The van der Waals surface area contributed by atoms with Gasteiger partial charge >= 0.3 is 0 Å². The first-order valence-corrected chi connectivity index (χ1v) is 5.32.